The molecule has 2 heterocycles. The number of carbonyl (C=O) groups is 2. The average molecular weight is 367 g/mol. The van der Waals surface area contributed by atoms with Crippen molar-refractivity contribution in [1.29, 1.82) is 0 Å². The molecule has 1 aromatic heterocycles. The van der Waals surface area contributed by atoms with Crippen LogP contribution in [0.4, 0.5) is 10.5 Å². The first kappa shape index (κ1) is 18.8. The summed E-state index contributed by atoms with van der Waals surface area (Å²) in [7, 11) is 0. The van der Waals surface area contributed by atoms with Crippen molar-refractivity contribution in [3.8, 4) is 0 Å². The fourth-order valence-corrected chi connectivity index (χ4v) is 3.24. The first-order chi connectivity index (χ1) is 13.1. The summed E-state index contributed by atoms with van der Waals surface area (Å²) >= 11 is 0. The van der Waals surface area contributed by atoms with E-state index in [0.29, 0.717) is 24.2 Å². The van der Waals surface area contributed by atoms with Gasteiger partial charge in [0.1, 0.15) is 0 Å². The van der Waals surface area contributed by atoms with Gasteiger partial charge in [0.15, 0.2) is 0 Å². The zero-order chi connectivity index (χ0) is 19.2. The Morgan fingerprint density at radius 2 is 1.85 bits per heavy atom. The highest BCUT2D eigenvalue weighted by atomic mass is 16.2. The third-order valence-corrected chi connectivity index (χ3v) is 4.84. The van der Waals surface area contributed by atoms with Gasteiger partial charge in [0.2, 0.25) is 0 Å². The number of anilines is 1. The average Bonchev–Trinajstić information content (AvgIpc) is 3.19. The lowest BCUT2D eigenvalue weighted by Crippen LogP contribution is -2.31. The van der Waals surface area contributed by atoms with Crippen LogP contribution in [0.25, 0.3) is 0 Å². The number of aryl methyl sites for hydroxylation is 1. The highest BCUT2D eigenvalue weighted by Crippen LogP contribution is 2.22. The Hall–Kier alpha value is -2.96. The number of carbonyl (C=O) groups excluding carboxylic acids is 2. The molecule has 3 rings (SSSR count). The van der Waals surface area contributed by atoms with Crippen molar-refractivity contribution in [2.24, 2.45) is 0 Å². The maximum Gasteiger partial charge on any atom is 0.319 e. The number of rotatable bonds is 5. The van der Waals surface area contributed by atoms with Crippen molar-refractivity contribution in [2.45, 2.75) is 33.1 Å². The molecule has 1 aliphatic heterocycles. The molecule has 0 saturated carbocycles. The van der Waals surface area contributed by atoms with Gasteiger partial charge < -0.3 is 15.5 Å². The minimum absolute atomic E-state index is 0.0344. The maximum absolute atomic E-state index is 12.7. The second-order valence-electron chi connectivity index (χ2n) is 6.70. The van der Waals surface area contributed by atoms with Crippen LogP contribution < -0.4 is 10.6 Å². The van der Waals surface area contributed by atoms with Gasteiger partial charge in [-0.2, -0.15) is 0 Å². The summed E-state index contributed by atoms with van der Waals surface area (Å²) < 4.78 is 0. The predicted molar refractivity (Wildman–Crippen MR) is 104 cm³/mol. The van der Waals surface area contributed by atoms with Crippen LogP contribution >= 0.6 is 0 Å². The van der Waals surface area contributed by atoms with Crippen molar-refractivity contribution in [3.05, 3.63) is 53.1 Å². The number of nitrogens with zero attached hydrogens (tertiary/aromatic N) is 3. The van der Waals surface area contributed by atoms with Gasteiger partial charge in [-0.15, -0.1) is 0 Å². The van der Waals surface area contributed by atoms with Gasteiger partial charge in [0.25, 0.3) is 5.91 Å². The number of likely N-dealkylation sites (tertiary alicyclic amines) is 1. The fraction of sp³-hybridized carbons (Fsp3) is 0.400. The van der Waals surface area contributed by atoms with E-state index in [4.69, 9.17) is 0 Å². The molecule has 7 nitrogen and oxygen atoms in total. The molecule has 1 fully saturated rings. The molecule has 1 aliphatic rings. The van der Waals surface area contributed by atoms with Gasteiger partial charge in [-0.1, -0.05) is 6.07 Å². The Kier molecular flexibility index (Phi) is 6.01. The summed E-state index contributed by atoms with van der Waals surface area (Å²) in [5.41, 5.74) is 3.81. The van der Waals surface area contributed by atoms with Crippen LogP contribution in [0.5, 0.6) is 0 Å². The largest absolute Gasteiger partial charge is 0.339 e. The van der Waals surface area contributed by atoms with E-state index >= 15 is 0 Å². The molecule has 1 aromatic carbocycles. The first-order valence-corrected chi connectivity index (χ1v) is 9.26. The van der Waals surface area contributed by atoms with Crippen LogP contribution in [0.15, 0.2) is 30.6 Å². The predicted octanol–water partition coefficient (Wildman–Crippen LogP) is 2.69. The summed E-state index contributed by atoms with van der Waals surface area (Å²) in [5, 5.41) is 5.66. The number of urea groups is 1. The van der Waals surface area contributed by atoms with E-state index in [1.54, 1.807) is 18.5 Å². The monoisotopic (exact) mass is 367 g/mol. The Balaban J connectivity index is 1.58. The number of hydrogen-bond donors (Lipinski definition) is 2. The number of hydrogen-bond acceptors (Lipinski definition) is 4. The van der Waals surface area contributed by atoms with E-state index in [1.807, 2.05) is 30.9 Å². The Labute approximate surface area is 159 Å². The summed E-state index contributed by atoms with van der Waals surface area (Å²) in [4.78, 5) is 35.2. The number of benzene rings is 1. The SMILES string of the molecule is Cc1nccnc1CCNC(=O)Nc1cccc(C(=O)N2CCCC2)c1C. The van der Waals surface area contributed by atoms with Crippen molar-refractivity contribution in [2.75, 3.05) is 25.0 Å². The fourth-order valence-electron chi connectivity index (χ4n) is 3.24. The summed E-state index contributed by atoms with van der Waals surface area (Å²) in [6.07, 6.45) is 6.01. The highest BCUT2D eigenvalue weighted by Gasteiger charge is 2.21. The van der Waals surface area contributed by atoms with Gasteiger partial charge >= 0.3 is 6.03 Å². The van der Waals surface area contributed by atoms with Gasteiger partial charge in [-0.25, -0.2) is 4.79 Å². The summed E-state index contributed by atoms with van der Waals surface area (Å²) in [6, 6.07) is 5.12. The van der Waals surface area contributed by atoms with Crippen LogP contribution in [0.2, 0.25) is 0 Å². The van der Waals surface area contributed by atoms with E-state index in [1.165, 1.54) is 0 Å². The molecule has 0 aliphatic carbocycles. The van der Waals surface area contributed by atoms with Crippen molar-refractivity contribution in [1.82, 2.24) is 20.2 Å². The van der Waals surface area contributed by atoms with Crippen molar-refractivity contribution < 1.29 is 9.59 Å². The minimum Gasteiger partial charge on any atom is -0.339 e. The standard InChI is InChI=1S/C20H25N5O2/c1-14-16(19(26)25-12-3-4-13-25)6-5-7-17(14)24-20(27)23-9-8-18-15(2)21-10-11-22-18/h5-7,10-11H,3-4,8-9,12-13H2,1-2H3,(H2,23,24,27). The molecule has 3 amide bonds. The second-order valence-corrected chi connectivity index (χ2v) is 6.70. The Morgan fingerprint density at radius 3 is 2.59 bits per heavy atom. The summed E-state index contributed by atoms with van der Waals surface area (Å²) in [6.45, 7) is 5.82. The smallest absolute Gasteiger partial charge is 0.319 e. The molecule has 142 valence electrons. The topological polar surface area (TPSA) is 87.2 Å². The number of amides is 3. The third kappa shape index (κ3) is 4.61. The molecule has 0 unspecified atom stereocenters. The third-order valence-electron chi connectivity index (χ3n) is 4.84. The van der Waals surface area contributed by atoms with Crippen molar-refractivity contribution >= 4 is 17.6 Å². The summed E-state index contributed by atoms with van der Waals surface area (Å²) in [5.74, 6) is 0.0344. The normalized spacial score (nSPS) is 13.5. The van der Waals surface area contributed by atoms with Crippen LogP contribution in [0.3, 0.4) is 0 Å². The first-order valence-electron chi connectivity index (χ1n) is 9.26. The highest BCUT2D eigenvalue weighted by molar-refractivity contribution is 5.99. The molecule has 2 aromatic rings. The minimum atomic E-state index is -0.301. The molecule has 0 bridgehead atoms. The second kappa shape index (κ2) is 8.62. The lowest BCUT2D eigenvalue weighted by atomic mass is 10.1. The molecule has 1 saturated heterocycles. The Morgan fingerprint density at radius 1 is 1.11 bits per heavy atom. The van der Waals surface area contributed by atoms with E-state index in [2.05, 4.69) is 20.6 Å². The molecular weight excluding hydrogens is 342 g/mol. The molecule has 2 N–H and O–H groups in total. The van der Waals surface area contributed by atoms with Crippen LogP contribution in [0, 0.1) is 13.8 Å². The maximum atomic E-state index is 12.7. The van der Waals surface area contributed by atoms with Crippen LogP contribution in [-0.2, 0) is 6.42 Å². The van der Waals surface area contributed by atoms with E-state index < -0.39 is 0 Å². The van der Waals surface area contributed by atoms with Gasteiger partial charge in [0.05, 0.1) is 11.4 Å². The molecule has 0 spiro atoms. The molecule has 27 heavy (non-hydrogen) atoms. The van der Waals surface area contributed by atoms with Crippen molar-refractivity contribution in [3.63, 3.8) is 0 Å². The lowest BCUT2D eigenvalue weighted by Gasteiger charge is -2.18. The van der Waals surface area contributed by atoms with Crippen LogP contribution in [-0.4, -0.2) is 46.4 Å². The molecular formula is C20H25N5O2. The van der Waals surface area contributed by atoms with E-state index in [0.717, 1.165) is 42.9 Å². The zero-order valence-corrected chi connectivity index (χ0v) is 15.8. The number of aromatic nitrogens is 2. The lowest BCUT2D eigenvalue weighted by molar-refractivity contribution is 0.0792. The molecule has 0 atom stereocenters. The van der Waals surface area contributed by atoms with E-state index in [9.17, 15) is 9.59 Å². The van der Waals surface area contributed by atoms with Gasteiger partial charge in [-0.05, 0) is 44.4 Å². The quantitative estimate of drug-likeness (QED) is 0.851. The van der Waals surface area contributed by atoms with Gasteiger partial charge in [0, 0.05) is 49.7 Å². The van der Waals surface area contributed by atoms with E-state index in [-0.39, 0.29) is 11.9 Å². The Bertz CT molecular complexity index is 831. The number of nitrogens with one attached hydrogen (secondary N) is 2. The van der Waals surface area contributed by atoms with Crippen LogP contribution in [0.1, 0.15) is 40.2 Å². The molecule has 7 heteroatoms. The van der Waals surface area contributed by atoms with Gasteiger partial charge in [-0.3, -0.25) is 14.8 Å². The molecule has 0 radical (unpaired) electrons. The zero-order valence-electron chi connectivity index (χ0n) is 15.8.